The number of nitrogens with zero attached hydrogens (tertiary/aromatic N) is 1. The van der Waals surface area contributed by atoms with Crippen molar-refractivity contribution in [3.05, 3.63) is 64.2 Å². The number of halogens is 1. The van der Waals surface area contributed by atoms with Crippen molar-refractivity contribution < 1.29 is 17.9 Å². The number of carbonyl (C=O) groups excluding carboxylic acids is 1. The zero-order valence-electron chi connectivity index (χ0n) is 18.8. The number of aryl methyl sites for hydroxylation is 1. The van der Waals surface area contributed by atoms with Gasteiger partial charge in [-0.05, 0) is 61.1 Å². The van der Waals surface area contributed by atoms with E-state index in [4.69, 9.17) is 16.3 Å². The van der Waals surface area contributed by atoms with E-state index in [-0.39, 0.29) is 30.2 Å². The lowest BCUT2D eigenvalue weighted by Gasteiger charge is -2.32. The van der Waals surface area contributed by atoms with Gasteiger partial charge in [-0.1, -0.05) is 42.8 Å². The molecule has 1 N–H and O–H groups in total. The molecule has 174 valence electrons. The molecule has 1 amide bonds. The molecule has 3 rings (SSSR count). The molecule has 0 unspecified atom stereocenters. The number of methoxy groups -OCH3 is 1. The Morgan fingerprint density at radius 1 is 1.28 bits per heavy atom. The van der Waals surface area contributed by atoms with Gasteiger partial charge in [-0.3, -0.25) is 4.79 Å². The van der Waals surface area contributed by atoms with Gasteiger partial charge in [-0.25, -0.2) is 12.7 Å². The molecular formula is C24H31ClN2O4S. The number of benzene rings is 2. The van der Waals surface area contributed by atoms with Gasteiger partial charge in [0, 0.05) is 18.1 Å². The number of sulfonamides is 1. The number of ether oxygens (including phenoxy) is 1. The summed E-state index contributed by atoms with van der Waals surface area (Å²) in [7, 11) is -1.90. The van der Waals surface area contributed by atoms with Crippen LogP contribution in [0.25, 0.3) is 0 Å². The third-order valence-electron chi connectivity index (χ3n) is 5.93. The number of amides is 1. The molecule has 0 aromatic heterocycles. The van der Waals surface area contributed by atoms with Gasteiger partial charge in [0.05, 0.1) is 24.8 Å². The van der Waals surface area contributed by atoms with Crippen LogP contribution >= 0.6 is 11.6 Å². The first-order valence-corrected chi connectivity index (χ1v) is 12.9. The van der Waals surface area contributed by atoms with E-state index in [1.165, 1.54) is 4.31 Å². The Bertz CT molecular complexity index is 1060. The molecule has 1 heterocycles. The maximum Gasteiger partial charge on any atom is 0.224 e. The summed E-state index contributed by atoms with van der Waals surface area (Å²) in [5.74, 6) is 0.215. The van der Waals surface area contributed by atoms with Crippen LogP contribution < -0.4 is 10.1 Å². The molecule has 0 bridgehead atoms. The van der Waals surface area contributed by atoms with E-state index in [1.807, 2.05) is 32.0 Å². The second-order valence-corrected chi connectivity index (χ2v) is 10.7. The van der Waals surface area contributed by atoms with Crippen LogP contribution in [0, 0.1) is 12.8 Å². The smallest absolute Gasteiger partial charge is 0.224 e. The minimum atomic E-state index is -3.54. The predicted octanol–water partition coefficient (Wildman–Crippen LogP) is 4.47. The van der Waals surface area contributed by atoms with E-state index in [1.54, 1.807) is 31.4 Å². The number of piperidine rings is 1. The lowest BCUT2D eigenvalue weighted by Crippen LogP contribution is -2.46. The maximum absolute atomic E-state index is 13.0. The van der Waals surface area contributed by atoms with E-state index in [9.17, 15) is 13.2 Å². The summed E-state index contributed by atoms with van der Waals surface area (Å²) in [6, 6.07) is 12.6. The van der Waals surface area contributed by atoms with E-state index < -0.39 is 10.0 Å². The Morgan fingerprint density at radius 2 is 2.06 bits per heavy atom. The lowest BCUT2D eigenvalue weighted by molar-refractivity contribution is -0.126. The topological polar surface area (TPSA) is 75.7 Å². The van der Waals surface area contributed by atoms with Crippen molar-refractivity contribution in [3.63, 3.8) is 0 Å². The fourth-order valence-corrected chi connectivity index (χ4v) is 5.98. The highest BCUT2D eigenvalue weighted by Gasteiger charge is 2.33. The van der Waals surface area contributed by atoms with Gasteiger partial charge >= 0.3 is 0 Å². The molecule has 32 heavy (non-hydrogen) atoms. The second kappa shape index (κ2) is 10.7. The van der Waals surface area contributed by atoms with Crippen molar-refractivity contribution in [2.75, 3.05) is 20.2 Å². The van der Waals surface area contributed by atoms with Crippen LogP contribution in [-0.4, -0.2) is 38.8 Å². The highest BCUT2D eigenvalue weighted by atomic mass is 35.5. The zero-order chi connectivity index (χ0) is 23.3. The van der Waals surface area contributed by atoms with Crippen molar-refractivity contribution in [2.24, 2.45) is 5.92 Å². The van der Waals surface area contributed by atoms with Gasteiger partial charge in [0.25, 0.3) is 0 Å². The van der Waals surface area contributed by atoms with Crippen LogP contribution in [0.15, 0.2) is 42.5 Å². The molecule has 0 radical (unpaired) electrons. The summed E-state index contributed by atoms with van der Waals surface area (Å²) in [5, 5.41) is 3.64. The van der Waals surface area contributed by atoms with E-state index in [2.05, 4.69) is 5.32 Å². The first kappa shape index (κ1) is 24.6. The van der Waals surface area contributed by atoms with Crippen LogP contribution in [0.1, 0.15) is 48.9 Å². The molecule has 1 aliphatic rings. The molecule has 1 aliphatic heterocycles. The van der Waals surface area contributed by atoms with Gasteiger partial charge in [0.1, 0.15) is 5.75 Å². The zero-order valence-corrected chi connectivity index (χ0v) is 20.4. The molecule has 2 aromatic carbocycles. The van der Waals surface area contributed by atoms with E-state index in [0.29, 0.717) is 30.0 Å². The van der Waals surface area contributed by atoms with Crippen LogP contribution in [0.2, 0.25) is 5.02 Å². The summed E-state index contributed by atoms with van der Waals surface area (Å²) in [4.78, 5) is 13.0. The van der Waals surface area contributed by atoms with E-state index >= 15 is 0 Å². The van der Waals surface area contributed by atoms with Crippen LogP contribution in [0.5, 0.6) is 5.75 Å². The quantitative estimate of drug-likeness (QED) is 0.607. The van der Waals surface area contributed by atoms with Gasteiger partial charge < -0.3 is 10.1 Å². The molecule has 6 nitrogen and oxygen atoms in total. The minimum Gasteiger partial charge on any atom is -0.496 e. The van der Waals surface area contributed by atoms with Crippen LogP contribution in [-0.2, 0) is 20.6 Å². The van der Waals surface area contributed by atoms with Crippen molar-refractivity contribution in [1.29, 1.82) is 0 Å². The maximum atomic E-state index is 13.0. The molecule has 0 saturated carbocycles. The molecular weight excluding hydrogens is 448 g/mol. The predicted molar refractivity (Wildman–Crippen MR) is 127 cm³/mol. The normalized spacial score (nSPS) is 18.2. The number of hydrogen-bond donors (Lipinski definition) is 1. The van der Waals surface area contributed by atoms with Gasteiger partial charge in [0.15, 0.2) is 0 Å². The number of nitrogens with one attached hydrogen (secondary N) is 1. The molecule has 2 aromatic rings. The number of carbonyl (C=O) groups is 1. The van der Waals surface area contributed by atoms with Gasteiger partial charge in [0.2, 0.25) is 15.9 Å². The van der Waals surface area contributed by atoms with Crippen LogP contribution in [0.3, 0.4) is 0 Å². The second-order valence-electron chi connectivity index (χ2n) is 8.28. The fourth-order valence-electron chi connectivity index (χ4n) is 4.17. The first-order chi connectivity index (χ1) is 15.2. The van der Waals surface area contributed by atoms with Crippen molar-refractivity contribution >= 4 is 27.5 Å². The first-order valence-electron chi connectivity index (χ1n) is 10.9. The molecule has 0 aliphatic carbocycles. The third kappa shape index (κ3) is 6.03. The molecule has 1 fully saturated rings. The Kier molecular flexibility index (Phi) is 8.20. The average Bonchev–Trinajstić information content (AvgIpc) is 2.77. The summed E-state index contributed by atoms with van der Waals surface area (Å²) < 4.78 is 32.7. The monoisotopic (exact) mass is 478 g/mol. The fraction of sp³-hybridized carbons (Fsp3) is 0.458. The van der Waals surface area contributed by atoms with Crippen molar-refractivity contribution in [2.45, 2.75) is 44.9 Å². The Hall–Kier alpha value is -2.09. The Morgan fingerprint density at radius 3 is 2.72 bits per heavy atom. The summed E-state index contributed by atoms with van der Waals surface area (Å²) in [6.45, 7) is 4.63. The summed E-state index contributed by atoms with van der Waals surface area (Å²) in [5.41, 5.74) is 2.67. The molecule has 2 atom stereocenters. The third-order valence-corrected chi connectivity index (χ3v) is 7.98. The number of rotatable bonds is 8. The summed E-state index contributed by atoms with van der Waals surface area (Å²) >= 11 is 6.00. The number of hydrogen-bond acceptors (Lipinski definition) is 4. The SMILES string of the molecule is CC[C@H](NC(=O)[C@@H]1CCCN(S(=O)(=O)Cc2cccc(Cl)c2)C1)c1ccc(OC)c(C)c1. The lowest BCUT2D eigenvalue weighted by atomic mass is 9.96. The standard InChI is InChI=1S/C24H31ClN2O4S/c1-4-22(19-10-11-23(31-3)17(2)13-19)26-24(28)20-8-6-12-27(15-20)32(29,30)16-18-7-5-9-21(25)14-18/h5,7,9-11,13-14,20,22H,4,6,8,12,15-16H2,1-3H3,(H,26,28)/t20-,22+/m1/s1. The van der Waals surface area contributed by atoms with Gasteiger partial charge in [-0.15, -0.1) is 0 Å². The van der Waals surface area contributed by atoms with Crippen molar-refractivity contribution in [3.8, 4) is 5.75 Å². The molecule has 0 spiro atoms. The minimum absolute atomic E-state index is 0.104. The molecule has 8 heteroatoms. The largest absolute Gasteiger partial charge is 0.496 e. The Labute approximate surface area is 196 Å². The van der Waals surface area contributed by atoms with Gasteiger partial charge in [-0.2, -0.15) is 0 Å². The highest BCUT2D eigenvalue weighted by molar-refractivity contribution is 7.88. The average molecular weight is 479 g/mol. The highest BCUT2D eigenvalue weighted by Crippen LogP contribution is 2.26. The van der Waals surface area contributed by atoms with Crippen molar-refractivity contribution in [1.82, 2.24) is 9.62 Å². The van der Waals surface area contributed by atoms with E-state index in [0.717, 1.165) is 23.3 Å². The molecule has 1 saturated heterocycles. The summed E-state index contributed by atoms with van der Waals surface area (Å²) in [6.07, 6.45) is 2.07. The van der Waals surface area contributed by atoms with Crippen LogP contribution in [0.4, 0.5) is 0 Å². The Balaban J connectivity index is 1.67.